The highest BCUT2D eigenvalue weighted by molar-refractivity contribution is 7.16. The number of hydrogen-bond acceptors (Lipinski definition) is 6. The van der Waals surface area contributed by atoms with Crippen LogP contribution < -0.4 is 5.32 Å². The summed E-state index contributed by atoms with van der Waals surface area (Å²) in [6.07, 6.45) is 1.07. The fraction of sp³-hybridized carbons (Fsp3) is 0.500. The van der Waals surface area contributed by atoms with Crippen molar-refractivity contribution in [3.05, 3.63) is 21.3 Å². The molecule has 0 saturated heterocycles. The molecule has 1 aromatic rings. The van der Waals surface area contributed by atoms with Gasteiger partial charge in [-0.3, -0.25) is 14.9 Å². The first-order valence-corrected chi connectivity index (χ1v) is 5.43. The van der Waals surface area contributed by atoms with Gasteiger partial charge in [0.15, 0.2) is 5.01 Å². The summed E-state index contributed by atoms with van der Waals surface area (Å²) in [4.78, 5) is 24.8. The average molecular weight is 245 g/mol. The third kappa shape index (κ3) is 3.55. The lowest BCUT2D eigenvalue weighted by molar-refractivity contribution is -0.380. The van der Waals surface area contributed by atoms with Crippen molar-refractivity contribution in [3.63, 3.8) is 0 Å². The Kier molecular flexibility index (Phi) is 4.80. The largest absolute Gasteiger partial charge is 0.380 e. The van der Waals surface area contributed by atoms with Crippen molar-refractivity contribution in [3.8, 4) is 0 Å². The van der Waals surface area contributed by atoms with E-state index in [1.165, 1.54) is 0 Å². The van der Waals surface area contributed by atoms with E-state index in [0.717, 1.165) is 17.5 Å². The highest BCUT2D eigenvalue weighted by Gasteiger charge is 2.16. The lowest BCUT2D eigenvalue weighted by atomic mass is 10.6. The Morgan fingerprint density at radius 3 is 3.06 bits per heavy atom. The van der Waals surface area contributed by atoms with Crippen molar-refractivity contribution >= 4 is 22.2 Å². The average Bonchev–Trinajstić information content (AvgIpc) is 2.73. The van der Waals surface area contributed by atoms with Gasteiger partial charge in [-0.05, 0) is 18.3 Å². The molecule has 0 saturated carbocycles. The van der Waals surface area contributed by atoms with E-state index >= 15 is 0 Å². The van der Waals surface area contributed by atoms with Crippen LogP contribution in [-0.4, -0.2) is 35.6 Å². The van der Waals surface area contributed by atoms with Crippen LogP contribution in [0, 0.1) is 10.1 Å². The summed E-state index contributed by atoms with van der Waals surface area (Å²) in [5.74, 6) is -0.419. The van der Waals surface area contributed by atoms with Gasteiger partial charge in [-0.25, -0.2) is 4.98 Å². The van der Waals surface area contributed by atoms with Crippen LogP contribution in [-0.2, 0) is 4.74 Å². The van der Waals surface area contributed by atoms with Crippen LogP contribution in [0.4, 0.5) is 5.00 Å². The number of nitrogens with zero attached hydrogens (tertiary/aromatic N) is 2. The van der Waals surface area contributed by atoms with Crippen LogP contribution >= 0.6 is 11.3 Å². The summed E-state index contributed by atoms with van der Waals surface area (Å²) < 4.78 is 5.02. The monoisotopic (exact) mass is 245 g/mol. The van der Waals surface area contributed by atoms with Crippen molar-refractivity contribution < 1.29 is 14.5 Å². The van der Waals surface area contributed by atoms with Crippen molar-refractivity contribution in [2.45, 2.75) is 6.92 Å². The fourth-order valence-electron chi connectivity index (χ4n) is 0.912. The Labute approximate surface area is 95.6 Å². The molecule has 0 bridgehead atoms. The molecule has 0 aliphatic heterocycles. The standard InChI is InChI=1S/C8H11N3O4S/c1-2-15-4-3-9-7(12)8-10-5-6(16-8)11(13)14/h5H,2-4H2,1H3,(H,9,12). The molecule has 7 nitrogen and oxygen atoms in total. The van der Waals surface area contributed by atoms with E-state index in [9.17, 15) is 14.9 Å². The van der Waals surface area contributed by atoms with Gasteiger partial charge in [-0.1, -0.05) is 0 Å². The van der Waals surface area contributed by atoms with Gasteiger partial charge in [-0.15, -0.1) is 0 Å². The first-order valence-electron chi connectivity index (χ1n) is 4.61. The minimum Gasteiger partial charge on any atom is -0.380 e. The van der Waals surface area contributed by atoms with Crippen LogP contribution in [0.1, 0.15) is 16.7 Å². The normalized spacial score (nSPS) is 10.1. The lowest BCUT2D eigenvalue weighted by Crippen LogP contribution is -2.27. The molecule has 0 spiro atoms. The highest BCUT2D eigenvalue weighted by Crippen LogP contribution is 2.20. The number of rotatable bonds is 6. The maximum absolute atomic E-state index is 11.4. The number of nitrogens with one attached hydrogen (secondary N) is 1. The molecule has 0 atom stereocenters. The predicted molar refractivity (Wildman–Crippen MR) is 57.6 cm³/mol. The SMILES string of the molecule is CCOCCNC(=O)c1ncc([N+](=O)[O-])s1. The van der Waals surface area contributed by atoms with Gasteiger partial charge in [0.05, 0.1) is 11.5 Å². The predicted octanol–water partition coefficient (Wildman–Crippen LogP) is 0.818. The summed E-state index contributed by atoms with van der Waals surface area (Å²) in [6, 6.07) is 0. The molecule has 0 aliphatic rings. The second-order valence-corrected chi connectivity index (χ2v) is 3.72. The molecular formula is C8H11N3O4S. The molecule has 1 heterocycles. The zero-order valence-electron chi connectivity index (χ0n) is 8.63. The molecule has 0 unspecified atom stereocenters. The Balaban J connectivity index is 2.43. The van der Waals surface area contributed by atoms with Crippen LogP contribution in [0.25, 0.3) is 0 Å². The van der Waals surface area contributed by atoms with Gasteiger partial charge in [0.1, 0.15) is 6.20 Å². The van der Waals surface area contributed by atoms with E-state index in [2.05, 4.69) is 10.3 Å². The van der Waals surface area contributed by atoms with Crippen molar-refractivity contribution in [1.29, 1.82) is 0 Å². The van der Waals surface area contributed by atoms with E-state index in [-0.39, 0.29) is 10.0 Å². The van der Waals surface area contributed by atoms with Crippen LogP contribution in [0.3, 0.4) is 0 Å². The van der Waals surface area contributed by atoms with Gasteiger partial charge in [-0.2, -0.15) is 0 Å². The Hall–Kier alpha value is -1.54. The van der Waals surface area contributed by atoms with Gasteiger partial charge in [0.25, 0.3) is 5.91 Å². The van der Waals surface area contributed by atoms with Gasteiger partial charge >= 0.3 is 5.00 Å². The summed E-state index contributed by atoms with van der Waals surface area (Å²) in [5.41, 5.74) is 0. The third-order valence-electron chi connectivity index (χ3n) is 1.60. The van der Waals surface area contributed by atoms with Crippen LogP contribution in [0.15, 0.2) is 6.20 Å². The molecule has 88 valence electrons. The maximum atomic E-state index is 11.4. The van der Waals surface area contributed by atoms with E-state index in [4.69, 9.17) is 4.74 Å². The second kappa shape index (κ2) is 6.13. The molecule has 0 aromatic carbocycles. The van der Waals surface area contributed by atoms with Crippen molar-refractivity contribution in [2.75, 3.05) is 19.8 Å². The van der Waals surface area contributed by atoms with Crippen molar-refractivity contribution in [1.82, 2.24) is 10.3 Å². The number of nitro groups is 1. The molecule has 1 rings (SSSR count). The lowest BCUT2D eigenvalue weighted by Gasteiger charge is -2.01. The smallest absolute Gasteiger partial charge is 0.344 e. The molecular weight excluding hydrogens is 234 g/mol. The fourth-order valence-corrected chi connectivity index (χ4v) is 1.56. The molecule has 16 heavy (non-hydrogen) atoms. The number of amides is 1. The number of aromatic nitrogens is 1. The van der Waals surface area contributed by atoms with Gasteiger partial charge in [0, 0.05) is 13.2 Å². The van der Waals surface area contributed by atoms with Gasteiger partial charge in [0.2, 0.25) is 0 Å². The topological polar surface area (TPSA) is 94.4 Å². The Morgan fingerprint density at radius 1 is 1.75 bits per heavy atom. The molecule has 0 aliphatic carbocycles. The zero-order chi connectivity index (χ0) is 12.0. The second-order valence-electron chi connectivity index (χ2n) is 2.71. The number of thiazole rings is 1. The third-order valence-corrected chi connectivity index (χ3v) is 2.55. The quantitative estimate of drug-likeness (QED) is 0.455. The first kappa shape index (κ1) is 12.5. The number of carbonyl (C=O) groups is 1. The summed E-state index contributed by atoms with van der Waals surface area (Å²) >= 11 is 0.750. The Bertz CT molecular complexity index is 379. The zero-order valence-corrected chi connectivity index (χ0v) is 9.45. The number of ether oxygens (including phenoxy) is 1. The summed E-state index contributed by atoms with van der Waals surface area (Å²) in [7, 11) is 0. The van der Waals surface area contributed by atoms with E-state index in [1.54, 1.807) is 0 Å². The van der Waals surface area contributed by atoms with E-state index in [0.29, 0.717) is 19.8 Å². The Morgan fingerprint density at radius 2 is 2.50 bits per heavy atom. The maximum Gasteiger partial charge on any atom is 0.344 e. The van der Waals surface area contributed by atoms with E-state index < -0.39 is 10.8 Å². The van der Waals surface area contributed by atoms with Gasteiger partial charge < -0.3 is 10.1 Å². The molecule has 8 heteroatoms. The molecule has 1 N–H and O–H groups in total. The minimum atomic E-state index is -0.575. The molecule has 1 aromatic heterocycles. The number of hydrogen-bond donors (Lipinski definition) is 1. The summed E-state index contributed by atoms with van der Waals surface area (Å²) in [5, 5.41) is 12.9. The minimum absolute atomic E-state index is 0.0863. The summed E-state index contributed by atoms with van der Waals surface area (Å²) in [6.45, 7) is 3.21. The molecule has 0 fully saturated rings. The molecule has 1 amide bonds. The molecule has 0 radical (unpaired) electrons. The highest BCUT2D eigenvalue weighted by atomic mass is 32.1. The first-order chi connectivity index (χ1) is 7.65. The number of carbonyl (C=O) groups excluding carboxylic acids is 1. The van der Waals surface area contributed by atoms with Crippen LogP contribution in [0.5, 0.6) is 0 Å². The van der Waals surface area contributed by atoms with Crippen LogP contribution in [0.2, 0.25) is 0 Å². The van der Waals surface area contributed by atoms with E-state index in [1.807, 2.05) is 6.92 Å². The van der Waals surface area contributed by atoms with Crippen molar-refractivity contribution in [2.24, 2.45) is 0 Å².